The molecule has 1 aromatic carbocycles. The molecule has 1 aliphatic rings. The number of anilines is 1. The van der Waals surface area contributed by atoms with Gasteiger partial charge in [0.05, 0.1) is 22.2 Å². The molecule has 3 aromatic rings. The van der Waals surface area contributed by atoms with Crippen molar-refractivity contribution in [3.8, 4) is 5.69 Å². The van der Waals surface area contributed by atoms with E-state index in [1.54, 1.807) is 0 Å². The molecular weight excluding hydrogens is 389 g/mol. The summed E-state index contributed by atoms with van der Waals surface area (Å²) in [6.45, 7) is 3.92. The first-order valence-electron chi connectivity index (χ1n) is 8.81. The van der Waals surface area contributed by atoms with Crippen LogP contribution in [0.4, 0.5) is 23.8 Å². The van der Waals surface area contributed by atoms with E-state index in [0.29, 0.717) is 16.9 Å². The number of nitrogens with zero attached hydrogens (tertiary/aromatic N) is 3. The van der Waals surface area contributed by atoms with Gasteiger partial charge in [-0.15, -0.1) is 0 Å². The number of benzene rings is 1. The molecule has 3 N–H and O–H groups in total. The molecule has 0 fully saturated rings. The van der Waals surface area contributed by atoms with E-state index >= 15 is 0 Å². The number of carbonyl (C=O) groups is 1. The zero-order valence-electron chi connectivity index (χ0n) is 15.5. The number of aromatic amines is 1. The number of nitrogens with one attached hydrogen (secondary N) is 3. The number of halogens is 3. The second-order valence-corrected chi connectivity index (χ2v) is 6.92. The van der Waals surface area contributed by atoms with Crippen LogP contribution >= 0.6 is 0 Å². The Morgan fingerprint density at radius 2 is 1.93 bits per heavy atom. The number of hydrazine groups is 1. The lowest BCUT2D eigenvalue weighted by molar-refractivity contribution is -0.137. The first-order valence-corrected chi connectivity index (χ1v) is 8.81. The average Bonchev–Trinajstić information content (AvgIpc) is 3.22. The number of rotatable bonds is 2. The van der Waals surface area contributed by atoms with Crippen molar-refractivity contribution < 1.29 is 18.0 Å². The van der Waals surface area contributed by atoms with Crippen LogP contribution in [-0.4, -0.2) is 26.8 Å². The van der Waals surface area contributed by atoms with Gasteiger partial charge in [-0.3, -0.25) is 9.89 Å². The molecule has 8 nitrogen and oxygen atoms in total. The van der Waals surface area contributed by atoms with Crippen molar-refractivity contribution in [2.24, 2.45) is 0 Å². The highest BCUT2D eigenvalue weighted by atomic mass is 19.4. The van der Waals surface area contributed by atoms with Crippen LogP contribution in [0.25, 0.3) is 16.6 Å². The average molecular weight is 406 g/mol. The Morgan fingerprint density at radius 1 is 1.24 bits per heavy atom. The molecule has 0 bridgehead atoms. The second kappa shape index (κ2) is 6.62. The largest absolute Gasteiger partial charge is 0.416 e. The van der Waals surface area contributed by atoms with Gasteiger partial charge in [0.1, 0.15) is 0 Å². The van der Waals surface area contributed by atoms with Gasteiger partial charge in [0.15, 0.2) is 5.82 Å². The van der Waals surface area contributed by atoms with Crippen LogP contribution in [0, 0.1) is 0 Å². The van der Waals surface area contributed by atoms with Gasteiger partial charge in [0, 0.05) is 24.3 Å². The Kier molecular flexibility index (Phi) is 4.34. The lowest BCUT2D eigenvalue weighted by atomic mass is 10.2. The standard InChI is InChI=1S/C18H17F3N6O2/c1-9(2)24-17(29)27-15-12(8-23-27)14-13(7-22-15)16(28)26(25-14)11-5-3-10(4-6-11)18(19,20)21/h3-7,9,23,25H,8H2,1-2H3,(H,24,29). The first kappa shape index (κ1) is 19.0. The van der Waals surface area contributed by atoms with Gasteiger partial charge in [-0.05, 0) is 38.1 Å². The molecule has 1 aliphatic heterocycles. The summed E-state index contributed by atoms with van der Waals surface area (Å²) >= 11 is 0. The maximum absolute atomic E-state index is 12.8. The van der Waals surface area contributed by atoms with Crippen molar-refractivity contribution in [2.75, 3.05) is 5.01 Å². The van der Waals surface area contributed by atoms with E-state index in [9.17, 15) is 22.8 Å². The molecule has 11 heteroatoms. The highest BCUT2D eigenvalue weighted by Gasteiger charge is 2.31. The van der Waals surface area contributed by atoms with Crippen molar-refractivity contribution in [2.45, 2.75) is 32.6 Å². The summed E-state index contributed by atoms with van der Waals surface area (Å²) < 4.78 is 39.5. The Morgan fingerprint density at radius 3 is 2.55 bits per heavy atom. The lowest BCUT2D eigenvalue weighted by Gasteiger charge is -2.18. The summed E-state index contributed by atoms with van der Waals surface area (Å²) in [6.07, 6.45) is -3.11. The van der Waals surface area contributed by atoms with Gasteiger partial charge in [-0.1, -0.05) is 0 Å². The van der Waals surface area contributed by atoms with Crippen molar-refractivity contribution in [3.63, 3.8) is 0 Å². The van der Waals surface area contributed by atoms with E-state index in [0.717, 1.165) is 16.8 Å². The minimum Gasteiger partial charge on any atom is -0.334 e. The monoisotopic (exact) mass is 406 g/mol. The number of carbonyl (C=O) groups excluding carboxylic acids is 1. The van der Waals surface area contributed by atoms with Crippen LogP contribution in [0.5, 0.6) is 0 Å². The Labute approximate surface area is 162 Å². The van der Waals surface area contributed by atoms with Crippen LogP contribution < -0.4 is 21.3 Å². The number of hydrogen-bond acceptors (Lipinski definition) is 4. The number of amides is 2. The second-order valence-electron chi connectivity index (χ2n) is 6.92. The number of urea groups is 1. The summed E-state index contributed by atoms with van der Waals surface area (Å²) in [6, 6.07) is 3.81. The fraction of sp³-hybridized carbons (Fsp3) is 0.278. The van der Waals surface area contributed by atoms with Crippen molar-refractivity contribution in [1.82, 2.24) is 25.5 Å². The van der Waals surface area contributed by atoms with Gasteiger partial charge in [-0.25, -0.2) is 24.9 Å². The molecule has 2 amide bonds. The number of hydrogen-bond donors (Lipinski definition) is 3. The van der Waals surface area contributed by atoms with Gasteiger partial charge >= 0.3 is 12.2 Å². The molecular formula is C18H17F3N6O2. The third-order valence-electron chi connectivity index (χ3n) is 4.51. The molecule has 0 aliphatic carbocycles. The Hall–Kier alpha value is -3.34. The molecule has 3 heterocycles. The molecule has 4 rings (SSSR count). The molecule has 29 heavy (non-hydrogen) atoms. The van der Waals surface area contributed by atoms with Crippen LogP contribution in [0.3, 0.4) is 0 Å². The van der Waals surface area contributed by atoms with Crippen LogP contribution in [0.15, 0.2) is 35.3 Å². The molecule has 0 atom stereocenters. The van der Waals surface area contributed by atoms with Crippen molar-refractivity contribution in [3.05, 3.63) is 51.9 Å². The summed E-state index contributed by atoms with van der Waals surface area (Å²) in [4.78, 5) is 29.3. The highest BCUT2D eigenvalue weighted by molar-refractivity contribution is 5.96. The highest BCUT2D eigenvalue weighted by Crippen LogP contribution is 2.30. The van der Waals surface area contributed by atoms with Gasteiger partial charge in [0.2, 0.25) is 0 Å². The minimum absolute atomic E-state index is 0.0716. The minimum atomic E-state index is -4.46. The number of aromatic nitrogens is 3. The zero-order valence-corrected chi connectivity index (χ0v) is 15.5. The molecule has 0 saturated carbocycles. The van der Waals surface area contributed by atoms with Crippen LogP contribution in [-0.2, 0) is 12.7 Å². The summed E-state index contributed by atoms with van der Waals surface area (Å²) in [5, 5.41) is 7.21. The van der Waals surface area contributed by atoms with Crippen molar-refractivity contribution >= 4 is 22.8 Å². The topological polar surface area (TPSA) is 95.1 Å². The molecule has 2 aromatic heterocycles. The van der Waals surface area contributed by atoms with Crippen LogP contribution in [0.1, 0.15) is 25.0 Å². The third-order valence-corrected chi connectivity index (χ3v) is 4.51. The molecule has 152 valence electrons. The van der Waals surface area contributed by atoms with Crippen LogP contribution in [0.2, 0.25) is 0 Å². The zero-order chi connectivity index (χ0) is 20.9. The predicted molar refractivity (Wildman–Crippen MR) is 99.7 cm³/mol. The summed E-state index contributed by atoms with van der Waals surface area (Å²) in [5.41, 5.74) is 3.01. The number of pyridine rings is 1. The number of alkyl halides is 3. The summed E-state index contributed by atoms with van der Waals surface area (Å²) in [7, 11) is 0. The van der Waals surface area contributed by atoms with Gasteiger partial charge < -0.3 is 5.32 Å². The number of H-pyrrole nitrogens is 1. The number of fused-ring (bicyclic) bond motifs is 3. The predicted octanol–water partition coefficient (Wildman–Crippen LogP) is 2.68. The molecule has 0 saturated heterocycles. The maximum atomic E-state index is 12.8. The summed E-state index contributed by atoms with van der Waals surface area (Å²) in [5.74, 6) is 0.358. The normalized spacial score (nSPS) is 13.9. The lowest BCUT2D eigenvalue weighted by Crippen LogP contribution is -2.47. The third kappa shape index (κ3) is 3.23. The van der Waals surface area contributed by atoms with E-state index in [-0.39, 0.29) is 29.7 Å². The van der Waals surface area contributed by atoms with Gasteiger partial charge in [-0.2, -0.15) is 13.2 Å². The SMILES string of the molecule is CC(C)NC(=O)N1NCc2c1ncc1c(=O)n(-c3ccc(C(F)(F)F)cc3)[nH]c21. The smallest absolute Gasteiger partial charge is 0.334 e. The maximum Gasteiger partial charge on any atom is 0.416 e. The Bertz CT molecular complexity index is 1150. The molecule has 0 spiro atoms. The fourth-order valence-electron chi connectivity index (χ4n) is 3.17. The Balaban J connectivity index is 1.76. The molecule has 0 unspecified atom stereocenters. The fourth-order valence-corrected chi connectivity index (χ4v) is 3.17. The van der Waals surface area contributed by atoms with E-state index in [1.807, 2.05) is 13.8 Å². The van der Waals surface area contributed by atoms with E-state index < -0.39 is 17.3 Å². The first-order chi connectivity index (χ1) is 13.7. The van der Waals surface area contributed by atoms with Gasteiger partial charge in [0.25, 0.3) is 5.56 Å². The quantitative estimate of drug-likeness (QED) is 0.610. The van der Waals surface area contributed by atoms with E-state index in [2.05, 4.69) is 20.8 Å². The van der Waals surface area contributed by atoms with Crippen molar-refractivity contribution in [1.29, 1.82) is 0 Å². The van der Waals surface area contributed by atoms with E-state index in [1.165, 1.54) is 23.3 Å². The van der Waals surface area contributed by atoms with E-state index in [4.69, 9.17) is 0 Å². The molecule has 0 radical (unpaired) electrons.